The van der Waals surface area contributed by atoms with Gasteiger partial charge in [0.25, 0.3) is 17.7 Å². The Labute approximate surface area is 791 Å². The molecule has 0 aliphatic heterocycles. The van der Waals surface area contributed by atoms with Gasteiger partial charge < -0.3 is 37.4 Å². The van der Waals surface area contributed by atoms with Crippen molar-refractivity contribution < 1.29 is 13.6 Å². The Balaban J connectivity index is 0.000000116. The molecule has 5 heterocycles. The molecule has 25 rings (SSSR count). The van der Waals surface area contributed by atoms with Gasteiger partial charge in [-0.2, -0.15) is 15.0 Å². The van der Waals surface area contributed by atoms with Crippen molar-refractivity contribution in [1.29, 1.82) is 0 Å². The Morgan fingerprint density at radius 1 is 0.190 bits per heavy atom. The zero-order chi connectivity index (χ0) is 91.3. The molecule has 0 saturated heterocycles. The van der Waals surface area contributed by atoms with Crippen LogP contribution >= 0.6 is 0 Å². The van der Waals surface area contributed by atoms with Crippen LogP contribution in [0.25, 0.3) is 167 Å². The number of anilines is 9. The second-order valence-corrected chi connectivity index (χ2v) is 33.6. The quantitative estimate of drug-likeness (QED) is 0.0762. The lowest BCUT2D eigenvalue weighted by Gasteiger charge is -2.26. The maximum absolute atomic E-state index is 5.67. The molecular weight excluding hydrogens is 1680 g/mol. The average molecular weight is 1770 g/mol. The van der Waals surface area contributed by atoms with Gasteiger partial charge in [0, 0.05) is 117 Å². The summed E-state index contributed by atoms with van der Waals surface area (Å²) in [5.41, 5.74) is 27.9. The van der Waals surface area contributed by atoms with Crippen LogP contribution in [0, 0.1) is 6.92 Å². The number of benzene rings is 20. The van der Waals surface area contributed by atoms with Crippen LogP contribution in [0.2, 0.25) is 0 Å². The van der Waals surface area contributed by atoms with E-state index in [0.717, 1.165) is 95.9 Å². The fourth-order valence-electron chi connectivity index (χ4n) is 18.3. The summed E-state index contributed by atoms with van der Waals surface area (Å²) in [4.78, 5) is 20.7. The summed E-state index contributed by atoms with van der Waals surface area (Å²) in [5, 5.41) is 22.6. The second kappa shape index (κ2) is 36.9. The standard InChI is InChI=1S/C46H31N3O.C39H28N4O.C38H26N4O/c1-2-11-36(12-3-1)45-47-46(50-48-45)37-23-29-42(30-24-37)49(40-25-19-33(20-26-40)39-18-17-32-9-4-5-13-38(32)31-39)41-27-21-35(22-28-41)44-16-8-14-34-10-6-7-15-43(34)44;1-27-15-19-30(20-16-27)42(31-21-17-29(18-22-31)39-40-38(41-44-39)28-9-3-2-4-10-28)32-23-25-33(26-24-32)43-36-13-7-5-11-34(36)35-12-6-8-14-37(35)43;1-3-11-27(12-4-1)37-39-38(43-40-37)28-19-21-30(22-20-28)41(29-13-5-2-6-14-29)31-23-25-32(26-24-31)42-35-17-9-7-15-33(35)34-16-8-10-18-36(34)42/h1-31H;2-26H,1H3;1-26H. The van der Waals surface area contributed by atoms with E-state index in [-0.39, 0.29) is 0 Å². The van der Waals surface area contributed by atoms with Gasteiger partial charge in [0.1, 0.15) is 0 Å². The third-order valence-corrected chi connectivity index (χ3v) is 25.1. The van der Waals surface area contributed by atoms with E-state index in [2.05, 4.69) is 425 Å². The first-order chi connectivity index (χ1) is 67.8. The van der Waals surface area contributed by atoms with E-state index in [4.69, 9.17) is 13.6 Å². The SMILES string of the molecule is Cc1ccc(N(c2ccc(-c3nc(-c4ccccc4)no3)cc2)c2ccc(-n3c4ccccc4c4ccccc43)cc2)cc1.c1ccc(-c2noc(-c3ccc(N(c4ccc(-c5ccc6ccccc6c5)cc4)c4ccc(-c5cccc6ccccc56)cc4)cc3)n2)cc1.c1ccc(-c2noc(-c3ccc(N(c4ccccc4)c4ccc(-n5c6ccccc6c6ccccc65)cc4)cc3)n2)cc1. The van der Waals surface area contributed by atoms with E-state index in [1.807, 2.05) is 133 Å². The van der Waals surface area contributed by atoms with Crippen LogP contribution < -0.4 is 14.7 Å². The molecule has 20 aromatic carbocycles. The smallest absolute Gasteiger partial charge is 0.258 e. The minimum atomic E-state index is 0.487. The molecule has 650 valence electrons. The number of fused-ring (bicyclic) bond motifs is 8. The Kier molecular flexibility index (Phi) is 22.3. The molecule has 0 aliphatic rings. The number of rotatable bonds is 19. The highest BCUT2D eigenvalue weighted by molar-refractivity contribution is 6.11. The van der Waals surface area contributed by atoms with Crippen molar-refractivity contribution in [2.24, 2.45) is 0 Å². The normalized spacial score (nSPS) is 11.2. The average Bonchev–Trinajstić information content (AvgIpc) is 1.60. The molecule has 0 bridgehead atoms. The lowest BCUT2D eigenvalue weighted by Crippen LogP contribution is -2.10. The first-order valence-corrected chi connectivity index (χ1v) is 45.7. The third-order valence-electron chi connectivity index (χ3n) is 25.1. The van der Waals surface area contributed by atoms with Gasteiger partial charge in [0.05, 0.1) is 22.1 Å². The Morgan fingerprint density at radius 3 is 0.832 bits per heavy atom. The van der Waals surface area contributed by atoms with E-state index >= 15 is 0 Å². The van der Waals surface area contributed by atoms with Gasteiger partial charge in [-0.05, 0) is 251 Å². The minimum Gasteiger partial charge on any atom is -0.334 e. The minimum absolute atomic E-state index is 0.487. The maximum Gasteiger partial charge on any atom is 0.258 e. The van der Waals surface area contributed by atoms with Crippen molar-refractivity contribution in [3.63, 3.8) is 0 Å². The van der Waals surface area contributed by atoms with Crippen molar-refractivity contribution in [3.8, 4) is 102 Å². The fourth-order valence-corrected chi connectivity index (χ4v) is 18.3. The topological polar surface area (TPSA) is 136 Å². The molecule has 14 nitrogen and oxygen atoms in total. The van der Waals surface area contributed by atoms with Crippen molar-refractivity contribution >= 4 is 116 Å². The molecule has 0 radical (unpaired) electrons. The van der Waals surface area contributed by atoms with Gasteiger partial charge >= 0.3 is 0 Å². The predicted molar refractivity (Wildman–Crippen MR) is 559 cm³/mol. The molecule has 0 N–H and O–H groups in total. The zero-order valence-electron chi connectivity index (χ0n) is 74.5. The molecule has 0 atom stereocenters. The van der Waals surface area contributed by atoms with E-state index in [1.165, 1.54) is 93.0 Å². The number of hydrogen-bond donors (Lipinski definition) is 0. The Bertz CT molecular complexity index is 8430. The fraction of sp³-hybridized carbons (Fsp3) is 0.00813. The molecule has 5 aromatic heterocycles. The van der Waals surface area contributed by atoms with Crippen LogP contribution in [0.3, 0.4) is 0 Å². The van der Waals surface area contributed by atoms with Crippen LogP contribution in [-0.2, 0) is 0 Å². The summed E-state index contributed by atoms with van der Waals surface area (Å²) in [6.07, 6.45) is 0. The highest BCUT2D eigenvalue weighted by Crippen LogP contribution is 2.44. The number of hydrogen-bond acceptors (Lipinski definition) is 12. The Hall–Kier alpha value is -18.7. The maximum atomic E-state index is 5.67. The Morgan fingerprint density at radius 2 is 0.460 bits per heavy atom. The largest absolute Gasteiger partial charge is 0.334 e. The highest BCUT2D eigenvalue weighted by atomic mass is 16.5. The van der Waals surface area contributed by atoms with Crippen LogP contribution in [0.5, 0.6) is 0 Å². The van der Waals surface area contributed by atoms with E-state index < -0.39 is 0 Å². The molecule has 0 unspecified atom stereocenters. The second-order valence-electron chi connectivity index (χ2n) is 33.6. The van der Waals surface area contributed by atoms with Gasteiger partial charge in [-0.25, -0.2) is 0 Å². The summed E-state index contributed by atoms with van der Waals surface area (Å²) in [5.74, 6) is 3.20. The number of nitrogens with zero attached hydrogens (tertiary/aromatic N) is 11. The van der Waals surface area contributed by atoms with Gasteiger partial charge in [-0.1, -0.05) is 318 Å². The van der Waals surface area contributed by atoms with E-state index in [0.29, 0.717) is 35.1 Å². The van der Waals surface area contributed by atoms with Gasteiger partial charge in [-0.3, -0.25) is 0 Å². The van der Waals surface area contributed by atoms with Gasteiger partial charge in [-0.15, -0.1) is 0 Å². The molecule has 14 heteroatoms. The number of aromatic nitrogens is 8. The van der Waals surface area contributed by atoms with Crippen molar-refractivity contribution in [2.75, 3.05) is 14.7 Å². The van der Waals surface area contributed by atoms with Gasteiger partial charge in [0.15, 0.2) is 0 Å². The molecule has 137 heavy (non-hydrogen) atoms. The summed E-state index contributed by atoms with van der Waals surface area (Å²) in [6, 6.07) is 173. The lowest BCUT2D eigenvalue weighted by molar-refractivity contribution is 0.432. The van der Waals surface area contributed by atoms with Crippen LogP contribution in [0.1, 0.15) is 5.56 Å². The van der Waals surface area contributed by atoms with E-state index in [9.17, 15) is 0 Å². The molecule has 0 saturated carbocycles. The zero-order valence-corrected chi connectivity index (χ0v) is 74.5. The highest BCUT2D eigenvalue weighted by Gasteiger charge is 2.23. The number of para-hydroxylation sites is 5. The number of aryl methyl sites for hydroxylation is 1. The van der Waals surface area contributed by atoms with Crippen LogP contribution in [-0.4, -0.2) is 39.6 Å². The summed E-state index contributed by atoms with van der Waals surface area (Å²) in [6.45, 7) is 2.11. The molecule has 0 amide bonds. The van der Waals surface area contributed by atoms with Crippen molar-refractivity contribution in [2.45, 2.75) is 6.92 Å². The van der Waals surface area contributed by atoms with Crippen molar-refractivity contribution in [1.82, 2.24) is 39.6 Å². The van der Waals surface area contributed by atoms with Crippen LogP contribution in [0.4, 0.5) is 51.2 Å². The first-order valence-electron chi connectivity index (χ1n) is 45.7. The summed E-state index contributed by atoms with van der Waals surface area (Å²) >= 11 is 0. The first kappa shape index (κ1) is 82.7. The van der Waals surface area contributed by atoms with E-state index in [1.54, 1.807) is 0 Å². The molecule has 0 fully saturated rings. The monoisotopic (exact) mass is 1760 g/mol. The molecule has 0 aliphatic carbocycles. The van der Waals surface area contributed by atoms with Crippen LogP contribution in [0.15, 0.2) is 511 Å². The lowest BCUT2D eigenvalue weighted by atomic mass is 9.98. The molecule has 25 aromatic rings. The predicted octanol–water partition coefficient (Wildman–Crippen LogP) is 32.8. The van der Waals surface area contributed by atoms with Gasteiger partial charge in [0.2, 0.25) is 17.5 Å². The molecular formula is C123H85N11O3. The third kappa shape index (κ3) is 16.7. The molecule has 0 spiro atoms. The van der Waals surface area contributed by atoms with Crippen molar-refractivity contribution in [3.05, 3.63) is 503 Å². The summed E-state index contributed by atoms with van der Waals surface area (Å²) < 4.78 is 21.6. The summed E-state index contributed by atoms with van der Waals surface area (Å²) in [7, 11) is 0.